The number of nitrogens with one attached hydrogen (secondary N) is 1. The molecule has 1 amide bonds. The first kappa shape index (κ1) is 25.8. The van der Waals surface area contributed by atoms with Crippen molar-refractivity contribution in [3.8, 4) is 11.3 Å². The fourth-order valence-electron chi connectivity index (χ4n) is 3.49. The fraction of sp³-hybridized carbons (Fsp3) is 0.407. The first-order chi connectivity index (χ1) is 15.4. The van der Waals surface area contributed by atoms with Crippen LogP contribution in [-0.4, -0.2) is 43.0 Å². The number of hydrogen-bond acceptors (Lipinski definition) is 4. The third kappa shape index (κ3) is 6.75. The van der Waals surface area contributed by atoms with E-state index in [0.717, 1.165) is 42.2 Å². The van der Waals surface area contributed by atoms with Gasteiger partial charge in [0, 0.05) is 36.5 Å². The summed E-state index contributed by atoms with van der Waals surface area (Å²) in [5, 5.41) is 5.86. The Balaban J connectivity index is 0.00000176. The number of benzene rings is 2. The Bertz CT molecular complexity index is 1010. The lowest BCUT2D eigenvalue weighted by atomic mass is 9.96. The van der Waals surface area contributed by atoms with Crippen LogP contribution >= 0.6 is 11.3 Å². The molecule has 3 aromatic rings. The number of likely N-dealkylation sites (N-methyl/N-ethyl adjacent to an activating group) is 1. The summed E-state index contributed by atoms with van der Waals surface area (Å²) in [5.74, 6) is -0.0730. The van der Waals surface area contributed by atoms with Crippen LogP contribution in [0.3, 0.4) is 0 Å². The molecule has 172 valence electrons. The van der Waals surface area contributed by atoms with Crippen LogP contribution in [0.15, 0.2) is 41.8 Å². The van der Waals surface area contributed by atoms with E-state index in [0.29, 0.717) is 5.56 Å². The maximum Gasteiger partial charge on any atom is 0.251 e. The van der Waals surface area contributed by atoms with E-state index in [4.69, 9.17) is 4.98 Å². The standard InChI is InChI=1S/C25H31N3OS.C2H6/c1-6-28(5)12-11-21-13-18(3)22(14-17(21)2)15-24-27-23(16-30-24)19-7-9-20(10-8-19)25(29)26-4;1-2/h7-10,13-14,16H,6,11-12,15H2,1-5H3,(H,26,29);1-2H3. The van der Waals surface area contributed by atoms with Crippen molar-refractivity contribution in [2.75, 3.05) is 27.2 Å². The summed E-state index contributed by atoms with van der Waals surface area (Å²) in [6.07, 6.45) is 1.94. The molecule has 1 aromatic heterocycles. The maximum absolute atomic E-state index is 11.7. The normalized spacial score (nSPS) is 10.6. The monoisotopic (exact) mass is 451 g/mol. The number of nitrogens with zero attached hydrogens (tertiary/aromatic N) is 2. The minimum atomic E-state index is -0.0730. The summed E-state index contributed by atoms with van der Waals surface area (Å²) in [7, 11) is 3.81. The quantitative estimate of drug-likeness (QED) is 0.464. The second-order valence-corrected chi connectivity index (χ2v) is 8.75. The molecule has 0 atom stereocenters. The minimum absolute atomic E-state index is 0.0730. The van der Waals surface area contributed by atoms with E-state index in [2.05, 4.69) is 55.5 Å². The molecular weight excluding hydrogens is 414 g/mol. The molecule has 0 saturated heterocycles. The number of rotatable bonds is 8. The number of aromatic nitrogens is 1. The number of carbonyl (C=O) groups is 1. The topological polar surface area (TPSA) is 45.2 Å². The second kappa shape index (κ2) is 12.5. The molecule has 1 heterocycles. The Morgan fingerprint density at radius 2 is 1.69 bits per heavy atom. The number of thiazole rings is 1. The Morgan fingerprint density at radius 3 is 2.31 bits per heavy atom. The fourth-order valence-corrected chi connectivity index (χ4v) is 4.32. The smallest absolute Gasteiger partial charge is 0.251 e. The van der Waals surface area contributed by atoms with Gasteiger partial charge in [0.05, 0.1) is 10.7 Å². The molecule has 0 spiro atoms. The number of carbonyl (C=O) groups excluding carboxylic acids is 1. The Kier molecular flexibility index (Phi) is 10.1. The van der Waals surface area contributed by atoms with Gasteiger partial charge in [0.1, 0.15) is 0 Å². The van der Waals surface area contributed by atoms with E-state index < -0.39 is 0 Å². The van der Waals surface area contributed by atoms with Gasteiger partial charge in [0.25, 0.3) is 5.91 Å². The van der Waals surface area contributed by atoms with Crippen LogP contribution in [0.2, 0.25) is 0 Å². The third-order valence-corrected chi connectivity index (χ3v) is 6.51. The SMILES string of the molecule is CC.CCN(C)CCc1cc(C)c(Cc2nc(-c3ccc(C(=O)NC)cc3)cs2)cc1C. The molecule has 0 fully saturated rings. The molecule has 0 unspecified atom stereocenters. The van der Waals surface area contributed by atoms with Crippen LogP contribution < -0.4 is 5.32 Å². The number of aryl methyl sites for hydroxylation is 2. The number of hydrogen-bond donors (Lipinski definition) is 1. The maximum atomic E-state index is 11.7. The van der Waals surface area contributed by atoms with Crippen molar-refractivity contribution < 1.29 is 4.79 Å². The van der Waals surface area contributed by atoms with Gasteiger partial charge in [-0.15, -0.1) is 11.3 Å². The van der Waals surface area contributed by atoms with Crippen LogP contribution in [-0.2, 0) is 12.8 Å². The highest BCUT2D eigenvalue weighted by atomic mass is 32.1. The van der Waals surface area contributed by atoms with Gasteiger partial charge in [-0.2, -0.15) is 0 Å². The molecule has 0 bridgehead atoms. The highest BCUT2D eigenvalue weighted by Crippen LogP contribution is 2.26. The van der Waals surface area contributed by atoms with Gasteiger partial charge in [0.15, 0.2) is 0 Å². The molecule has 1 N–H and O–H groups in total. The van der Waals surface area contributed by atoms with E-state index in [1.165, 1.54) is 22.3 Å². The minimum Gasteiger partial charge on any atom is -0.355 e. The lowest BCUT2D eigenvalue weighted by molar-refractivity contribution is 0.0963. The van der Waals surface area contributed by atoms with Gasteiger partial charge in [-0.05, 0) is 68.2 Å². The Labute approximate surface area is 197 Å². The molecule has 4 nitrogen and oxygen atoms in total. The van der Waals surface area contributed by atoms with Crippen LogP contribution in [0.5, 0.6) is 0 Å². The zero-order chi connectivity index (χ0) is 23.7. The molecular formula is C27H37N3OS. The average molecular weight is 452 g/mol. The van der Waals surface area contributed by atoms with Crippen molar-refractivity contribution in [3.63, 3.8) is 0 Å². The van der Waals surface area contributed by atoms with Crippen LogP contribution in [0.4, 0.5) is 0 Å². The number of amides is 1. The highest BCUT2D eigenvalue weighted by molar-refractivity contribution is 7.10. The van der Waals surface area contributed by atoms with E-state index in [1.54, 1.807) is 18.4 Å². The predicted molar refractivity (Wildman–Crippen MR) is 138 cm³/mol. The van der Waals surface area contributed by atoms with E-state index in [1.807, 2.05) is 38.1 Å². The molecule has 0 radical (unpaired) electrons. The van der Waals surface area contributed by atoms with E-state index in [-0.39, 0.29) is 5.91 Å². The second-order valence-electron chi connectivity index (χ2n) is 7.81. The van der Waals surface area contributed by atoms with Crippen molar-refractivity contribution in [2.45, 2.75) is 47.5 Å². The van der Waals surface area contributed by atoms with Crippen molar-refractivity contribution in [3.05, 3.63) is 74.6 Å². The highest BCUT2D eigenvalue weighted by Gasteiger charge is 2.11. The molecule has 3 rings (SSSR count). The van der Waals surface area contributed by atoms with E-state index >= 15 is 0 Å². The van der Waals surface area contributed by atoms with Crippen LogP contribution in [0.1, 0.15) is 58.4 Å². The van der Waals surface area contributed by atoms with Crippen molar-refractivity contribution >= 4 is 17.2 Å². The summed E-state index contributed by atoms with van der Waals surface area (Å²) < 4.78 is 0. The average Bonchev–Trinajstić information content (AvgIpc) is 3.29. The van der Waals surface area contributed by atoms with Gasteiger partial charge in [-0.3, -0.25) is 4.79 Å². The molecule has 0 saturated carbocycles. The van der Waals surface area contributed by atoms with Gasteiger partial charge >= 0.3 is 0 Å². The first-order valence-corrected chi connectivity index (χ1v) is 12.3. The molecule has 5 heteroatoms. The zero-order valence-corrected chi connectivity index (χ0v) is 21.4. The Morgan fingerprint density at radius 1 is 1.06 bits per heavy atom. The summed E-state index contributed by atoms with van der Waals surface area (Å²) in [4.78, 5) is 18.9. The lowest BCUT2D eigenvalue weighted by Gasteiger charge is -2.16. The van der Waals surface area contributed by atoms with Crippen LogP contribution in [0.25, 0.3) is 11.3 Å². The summed E-state index contributed by atoms with van der Waals surface area (Å²) in [6, 6.07) is 12.3. The van der Waals surface area contributed by atoms with Crippen molar-refractivity contribution in [2.24, 2.45) is 0 Å². The third-order valence-electron chi connectivity index (χ3n) is 5.66. The van der Waals surface area contributed by atoms with Gasteiger partial charge in [-0.25, -0.2) is 4.98 Å². The predicted octanol–water partition coefficient (Wildman–Crippen LogP) is 5.90. The molecule has 32 heavy (non-hydrogen) atoms. The van der Waals surface area contributed by atoms with Gasteiger partial charge in [-0.1, -0.05) is 45.0 Å². The Hall–Kier alpha value is -2.50. The zero-order valence-electron chi connectivity index (χ0n) is 20.6. The molecule has 2 aromatic carbocycles. The van der Waals surface area contributed by atoms with Crippen LogP contribution in [0, 0.1) is 13.8 Å². The molecule has 0 aliphatic heterocycles. The van der Waals surface area contributed by atoms with Crippen molar-refractivity contribution in [1.29, 1.82) is 0 Å². The molecule has 0 aliphatic carbocycles. The summed E-state index contributed by atoms with van der Waals surface area (Å²) in [6.45, 7) is 12.8. The molecule has 0 aliphatic rings. The lowest BCUT2D eigenvalue weighted by Crippen LogP contribution is -2.20. The van der Waals surface area contributed by atoms with Gasteiger partial charge < -0.3 is 10.2 Å². The van der Waals surface area contributed by atoms with E-state index in [9.17, 15) is 4.79 Å². The first-order valence-electron chi connectivity index (χ1n) is 11.5. The van der Waals surface area contributed by atoms with Crippen molar-refractivity contribution in [1.82, 2.24) is 15.2 Å². The largest absolute Gasteiger partial charge is 0.355 e. The summed E-state index contributed by atoms with van der Waals surface area (Å²) >= 11 is 1.69. The summed E-state index contributed by atoms with van der Waals surface area (Å²) in [5.41, 5.74) is 8.14. The van der Waals surface area contributed by atoms with Gasteiger partial charge in [0.2, 0.25) is 0 Å².